The average Bonchev–Trinajstić information content (AvgIpc) is 2.27. The van der Waals surface area contributed by atoms with Crippen molar-refractivity contribution in [3.05, 3.63) is 29.7 Å². The smallest absolute Gasteiger partial charge is 0.369 e. The van der Waals surface area contributed by atoms with Gasteiger partial charge >= 0.3 is 6.18 Å². The summed E-state index contributed by atoms with van der Waals surface area (Å²) in [6.07, 6.45) is -2.84. The maximum absolute atomic E-state index is 12.4. The van der Waals surface area contributed by atoms with Crippen LogP contribution in [0.25, 0.3) is 0 Å². The molecular weight excluding hydrogens is 287 g/mol. The van der Waals surface area contributed by atoms with Crippen molar-refractivity contribution in [1.82, 2.24) is 9.97 Å². The highest BCUT2D eigenvalue weighted by Gasteiger charge is 2.35. The molecule has 8 heteroatoms. The Labute approximate surface area is 112 Å². The van der Waals surface area contributed by atoms with Crippen LogP contribution in [0.2, 0.25) is 5.15 Å². The van der Waals surface area contributed by atoms with Crippen LogP contribution < -0.4 is 5.32 Å². The number of halogens is 4. The van der Waals surface area contributed by atoms with Gasteiger partial charge in [0, 0.05) is 24.1 Å². The minimum absolute atomic E-state index is 0.0709. The second-order valence-corrected chi connectivity index (χ2v) is 4.72. The van der Waals surface area contributed by atoms with E-state index in [1.807, 2.05) is 0 Å². The van der Waals surface area contributed by atoms with E-state index in [0.29, 0.717) is 6.54 Å². The van der Waals surface area contributed by atoms with Crippen LogP contribution in [0, 0.1) is 0 Å². The van der Waals surface area contributed by atoms with Crippen LogP contribution in [-0.2, 0) is 6.18 Å². The van der Waals surface area contributed by atoms with Crippen LogP contribution >= 0.6 is 23.4 Å². The van der Waals surface area contributed by atoms with Gasteiger partial charge in [0.2, 0.25) is 5.82 Å². The van der Waals surface area contributed by atoms with E-state index in [0.717, 1.165) is 11.5 Å². The predicted molar refractivity (Wildman–Crippen MR) is 68.1 cm³/mol. The molecule has 0 aliphatic heterocycles. The van der Waals surface area contributed by atoms with Gasteiger partial charge in [0.25, 0.3) is 0 Å². The fourth-order valence-corrected chi connectivity index (χ4v) is 1.82. The first-order valence-electron chi connectivity index (χ1n) is 4.98. The predicted octanol–water partition coefficient (Wildman–Crippen LogP) is 3.48. The number of anilines is 1. The number of aromatic nitrogens is 2. The Morgan fingerprint density at radius 2 is 2.17 bits per heavy atom. The van der Waals surface area contributed by atoms with Crippen molar-refractivity contribution in [2.24, 2.45) is 0 Å². The molecule has 1 heterocycles. The summed E-state index contributed by atoms with van der Waals surface area (Å²) in [5.74, 6) is 0.354. The van der Waals surface area contributed by atoms with Crippen LogP contribution in [0.3, 0.4) is 0 Å². The third kappa shape index (κ3) is 5.14. The van der Waals surface area contributed by atoms with E-state index in [-0.39, 0.29) is 11.0 Å². The first-order chi connectivity index (χ1) is 8.43. The lowest BCUT2D eigenvalue weighted by molar-refractivity contribution is -0.144. The molecule has 18 heavy (non-hydrogen) atoms. The molecule has 0 amide bonds. The van der Waals surface area contributed by atoms with Crippen molar-refractivity contribution in [1.29, 1.82) is 0 Å². The molecule has 1 aromatic rings. The van der Waals surface area contributed by atoms with E-state index in [2.05, 4.69) is 21.9 Å². The van der Waals surface area contributed by atoms with Gasteiger partial charge < -0.3 is 5.32 Å². The molecule has 0 bridgehead atoms. The maximum atomic E-state index is 12.4. The molecule has 0 fully saturated rings. The van der Waals surface area contributed by atoms with Crippen LogP contribution in [-0.4, -0.2) is 28.0 Å². The number of nitrogens with one attached hydrogen (secondary N) is 1. The van der Waals surface area contributed by atoms with Gasteiger partial charge in [-0.05, 0) is 0 Å². The quantitative estimate of drug-likeness (QED) is 0.495. The molecule has 3 nitrogen and oxygen atoms in total. The summed E-state index contributed by atoms with van der Waals surface area (Å²) < 4.78 is 37.2. The third-order valence-electron chi connectivity index (χ3n) is 1.74. The van der Waals surface area contributed by atoms with E-state index >= 15 is 0 Å². The molecule has 0 aromatic carbocycles. The Morgan fingerprint density at radius 1 is 1.44 bits per heavy atom. The summed E-state index contributed by atoms with van der Waals surface area (Å²) in [5.41, 5.74) is 0. The highest BCUT2D eigenvalue weighted by molar-refractivity contribution is 7.99. The van der Waals surface area contributed by atoms with Crippen molar-refractivity contribution in [3.8, 4) is 0 Å². The fourth-order valence-electron chi connectivity index (χ4n) is 1.05. The third-order valence-corrected chi connectivity index (χ3v) is 2.89. The normalized spacial score (nSPS) is 11.3. The zero-order chi connectivity index (χ0) is 13.6. The fraction of sp³-hybridized carbons (Fsp3) is 0.400. The average molecular weight is 298 g/mol. The van der Waals surface area contributed by atoms with E-state index < -0.39 is 12.0 Å². The molecule has 0 atom stereocenters. The topological polar surface area (TPSA) is 37.8 Å². The van der Waals surface area contributed by atoms with Crippen molar-refractivity contribution in [2.45, 2.75) is 6.18 Å². The number of hydrogen-bond donors (Lipinski definition) is 1. The zero-order valence-corrected chi connectivity index (χ0v) is 10.9. The second kappa shape index (κ2) is 6.84. The first-order valence-corrected chi connectivity index (χ1v) is 6.51. The van der Waals surface area contributed by atoms with Gasteiger partial charge in [-0.1, -0.05) is 17.7 Å². The molecule has 0 spiro atoms. The highest BCUT2D eigenvalue weighted by atomic mass is 35.5. The molecule has 0 saturated carbocycles. The van der Waals surface area contributed by atoms with Crippen molar-refractivity contribution in [3.63, 3.8) is 0 Å². The molecule has 1 N–H and O–H groups in total. The minimum Gasteiger partial charge on any atom is -0.369 e. The van der Waals surface area contributed by atoms with Gasteiger partial charge in [0.05, 0.1) is 0 Å². The lowest BCUT2D eigenvalue weighted by Crippen LogP contribution is -2.14. The van der Waals surface area contributed by atoms with Gasteiger partial charge in [-0.3, -0.25) is 0 Å². The molecule has 100 valence electrons. The molecule has 0 unspecified atom stereocenters. The maximum Gasteiger partial charge on any atom is 0.451 e. The van der Waals surface area contributed by atoms with Gasteiger partial charge in [-0.15, -0.1) is 6.58 Å². The van der Waals surface area contributed by atoms with Crippen LogP contribution in [0.15, 0.2) is 18.7 Å². The molecule has 0 aliphatic rings. The largest absolute Gasteiger partial charge is 0.451 e. The first kappa shape index (κ1) is 15.1. The summed E-state index contributed by atoms with van der Waals surface area (Å²) in [5, 5.41) is 2.53. The monoisotopic (exact) mass is 297 g/mol. The van der Waals surface area contributed by atoms with E-state index in [1.54, 1.807) is 17.8 Å². The Hall–Kier alpha value is -0.950. The zero-order valence-electron chi connectivity index (χ0n) is 9.30. The Morgan fingerprint density at radius 3 is 2.78 bits per heavy atom. The minimum atomic E-state index is -4.60. The SMILES string of the molecule is C=CCSCCNc1cc(Cl)nc(C(F)(F)F)n1. The van der Waals surface area contributed by atoms with E-state index in [1.165, 1.54) is 6.07 Å². The summed E-state index contributed by atoms with van der Waals surface area (Å²) >= 11 is 7.12. The Balaban J connectivity index is 2.60. The number of hydrogen-bond acceptors (Lipinski definition) is 4. The molecule has 1 rings (SSSR count). The van der Waals surface area contributed by atoms with Crippen LogP contribution in [0.4, 0.5) is 19.0 Å². The Kier molecular flexibility index (Phi) is 5.74. The summed E-state index contributed by atoms with van der Waals surface area (Å²) in [6.45, 7) is 4.05. The van der Waals surface area contributed by atoms with Gasteiger partial charge in [0.1, 0.15) is 11.0 Å². The molecule has 1 aromatic heterocycles. The highest BCUT2D eigenvalue weighted by Crippen LogP contribution is 2.28. The molecular formula is C10H11ClF3N3S. The van der Waals surface area contributed by atoms with Crippen molar-refractivity contribution < 1.29 is 13.2 Å². The number of rotatable bonds is 6. The lowest BCUT2D eigenvalue weighted by atomic mass is 10.5. The van der Waals surface area contributed by atoms with E-state index in [4.69, 9.17) is 11.6 Å². The van der Waals surface area contributed by atoms with Gasteiger partial charge in [-0.25, -0.2) is 9.97 Å². The molecule has 0 aliphatic carbocycles. The van der Waals surface area contributed by atoms with Crippen molar-refractivity contribution >= 4 is 29.2 Å². The second-order valence-electron chi connectivity index (χ2n) is 3.19. The van der Waals surface area contributed by atoms with E-state index in [9.17, 15) is 13.2 Å². The standard InChI is InChI=1S/C10H11ClF3N3S/c1-2-4-18-5-3-15-8-6-7(11)16-9(17-8)10(12,13)14/h2,6H,1,3-5H2,(H,15,16,17). The summed E-state index contributed by atoms with van der Waals surface area (Å²) in [4.78, 5) is 6.50. The molecule has 0 radical (unpaired) electrons. The Bertz CT molecular complexity index is 412. The lowest BCUT2D eigenvalue weighted by Gasteiger charge is -2.09. The van der Waals surface area contributed by atoms with Gasteiger partial charge in [0.15, 0.2) is 0 Å². The number of thioether (sulfide) groups is 1. The molecule has 0 saturated heterocycles. The summed E-state index contributed by atoms with van der Waals surface area (Å²) in [6, 6.07) is 1.26. The van der Waals surface area contributed by atoms with Crippen LogP contribution in [0.1, 0.15) is 5.82 Å². The van der Waals surface area contributed by atoms with Crippen LogP contribution in [0.5, 0.6) is 0 Å². The number of nitrogens with zero attached hydrogens (tertiary/aromatic N) is 2. The number of alkyl halides is 3. The van der Waals surface area contributed by atoms with Gasteiger partial charge in [-0.2, -0.15) is 24.9 Å². The van der Waals surface area contributed by atoms with Crippen molar-refractivity contribution in [2.75, 3.05) is 23.4 Å². The summed E-state index contributed by atoms with van der Waals surface area (Å²) in [7, 11) is 0.